The van der Waals surface area contributed by atoms with Crippen LogP contribution in [0.1, 0.15) is 5.89 Å². The van der Waals surface area contributed by atoms with Gasteiger partial charge in [0.05, 0.1) is 0 Å². The van der Waals surface area contributed by atoms with E-state index in [9.17, 15) is 9.59 Å². The number of fused-ring (bicyclic) bond motifs is 1. The molecule has 0 saturated carbocycles. The molecule has 2 N–H and O–H groups in total. The molecule has 0 radical (unpaired) electrons. The average Bonchev–Trinajstić information content (AvgIpc) is 2.85. The second-order valence-corrected chi connectivity index (χ2v) is 4.45. The SMILES string of the molecule is CN1CC(=O)N(Cc2nc3ccc(N)cc3o2)C1=O. The maximum atomic E-state index is 11.7. The predicted octanol–water partition coefficient (Wildman–Crippen LogP) is 0.804. The number of urea groups is 1. The van der Waals surface area contributed by atoms with E-state index in [0.717, 1.165) is 4.90 Å². The lowest BCUT2D eigenvalue weighted by Crippen LogP contribution is -2.31. The monoisotopic (exact) mass is 260 g/mol. The van der Waals surface area contributed by atoms with E-state index >= 15 is 0 Å². The number of carbonyl (C=O) groups excluding carboxylic acids is 2. The van der Waals surface area contributed by atoms with Gasteiger partial charge in [0, 0.05) is 18.8 Å². The van der Waals surface area contributed by atoms with Crippen molar-refractivity contribution in [2.75, 3.05) is 19.3 Å². The van der Waals surface area contributed by atoms with Crippen LogP contribution < -0.4 is 5.73 Å². The molecule has 2 heterocycles. The van der Waals surface area contributed by atoms with Crippen molar-refractivity contribution in [3.05, 3.63) is 24.1 Å². The van der Waals surface area contributed by atoms with Crippen molar-refractivity contribution in [1.82, 2.24) is 14.8 Å². The van der Waals surface area contributed by atoms with Crippen LogP contribution in [-0.2, 0) is 11.3 Å². The summed E-state index contributed by atoms with van der Waals surface area (Å²) in [5.74, 6) is 0.0619. The molecule has 3 rings (SSSR count). The Hall–Kier alpha value is -2.57. The summed E-state index contributed by atoms with van der Waals surface area (Å²) in [6.07, 6.45) is 0. The Bertz CT molecular complexity index is 679. The van der Waals surface area contributed by atoms with Crippen molar-refractivity contribution in [3.63, 3.8) is 0 Å². The first-order valence-electron chi connectivity index (χ1n) is 5.75. The van der Waals surface area contributed by atoms with Gasteiger partial charge in [-0.05, 0) is 12.1 Å². The smallest absolute Gasteiger partial charge is 0.327 e. The number of imide groups is 1. The third kappa shape index (κ3) is 1.88. The first-order valence-corrected chi connectivity index (χ1v) is 5.75. The average molecular weight is 260 g/mol. The lowest BCUT2D eigenvalue weighted by molar-refractivity contribution is -0.125. The van der Waals surface area contributed by atoms with Crippen LogP contribution in [-0.4, -0.2) is 40.3 Å². The van der Waals surface area contributed by atoms with Gasteiger partial charge in [0.25, 0.3) is 5.91 Å². The molecule has 2 aromatic rings. The molecule has 0 bridgehead atoms. The van der Waals surface area contributed by atoms with Gasteiger partial charge in [-0.25, -0.2) is 9.78 Å². The summed E-state index contributed by atoms with van der Waals surface area (Å²) in [7, 11) is 1.58. The number of anilines is 1. The fraction of sp³-hybridized carbons (Fsp3) is 0.250. The number of nitrogens with zero attached hydrogens (tertiary/aromatic N) is 3. The number of nitrogen functional groups attached to an aromatic ring is 1. The van der Waals surface area contributed by atoms with Crippen molar-refractivity contribution < 1.29 is 14.0 Å². The number of hydrogen-bond acceptors (Lipinski definition) is 5. The molecule has 1 saturated heterocycles. The van der Waals surface area contributed by atoms with Gasteiger partial charge in [-0.3, -0.25) is 9.69 Å². The van der Waals surface area contributed by atoms with E-state index in [0.29, 0.717) is 22.7 Å². The number of rotatable bonds is 2. The molecule has 7 heteroatoms. The molecule has 0 aliphatic carbocycles. The van der Waals surface area contributed by atoms with E-state index < -0.39 is 0 Å². The van der Waals surface area contributed by atoms with Gasteiger partial charge in [-0.15, -0.1) is 0 Å². The van der Waals surface area contributed by atoms with Gasteiger partial charge in [-0.1, -0.05) is 0 Å². The van der Waals surface area contributed by atoms with Gasteiger partial charge < -0.3 is 15.1 Å². The highest BCUT2D eigenvalue weighted by molar-refractivity contribution is 6.01. The maximum Gasteiger partial charge on any atom is 0.327 e. The molecule has 19 heavy (non-hydrogen) atoms. The summed E-state index contributed by atoms with van der Waals surface area (Å²) in [6, 6.07) is 4.77. The Kier molecular flexibility index (Phi) is 2.41. The number of hydrogen-bond donors (Lipinski definition) is 1. The van der Waals surface area contributed by atoms with E-state index in [-0.39, 0.29) is 25.0 Å². The van der Waals surface area contributed by atoms with Crippen molar-refractivity contribution >= 4 is 28.7 Å². The molecule has 1 aliphatic rings. The normalized spacial score (nSPS) is 15.8. The number of likely N-dealkylation sites (N-methyl/N-ethyl adjacent to an activating group) is 1. The summed E-state index contributed by atoms with van der Waals surface area (Å²) in [5, 5.41) is 0. The van der Waals surface area contributed by atoms with Crippen molar-refractivity contribution in [2.24, 2.45) is 0 Å². The summed E-state index contributed by atoms with van der Waals surface area (Å²) >= 11 is 0. The Morgan fingerprint density at radius 2 is 2.21 bits per heavy atom. The summed E-state index contributed by atoms with van der Waals surface area (Å²) in [5.41, 5.74) is 7.41. The topological polar surface area (TPSA) is 92.7 Å². The third-order valence-corrected chi connectivity index (χ3v) is 2.98. The highest BCUT2D eigenvalue weighted by Gasteiger charge is 2.34. The minimum atomic E-state index is -0.341. The van der Waals surface area contributed by atoms with Gasteiger partial charge >= 0.3 is 6.03 Å². The van der Waals surface area contributed by atoms with Crippen LogP contribution in [0.25, 0.3) is 11.1 Å². The van der Waals surface area contributed by atoms with Crippen LogP contribution in [0.15, 0.2) is 22.6 Å². The molecular formula is C12H12N4O3. The second kappa shape index (κ2) is 3.98. The zero-order chi connectivity index (χ0) is 13.6. The van der Waals surface area contributed by atoms with Gasteiger partial charge in [-0.2, -0.15) is 0 Å². The van der Waals surface area contributed by atoms with Crippen LogP contribution in [0.4, 0.5) is 10.5 Å². The van der Waals surface area contributed by atoms with Crippen LogP contribution in [0, 0.1) is 0 Å². The van der Waals surface area contributed by atoms with Crippen molar-refractivity contribution in [3.8, 4) is 0 Å². The van der Waals surface area contributed by atoms with E-state index in [4.69, 9.17) is 10.2 Å². The quantitative estimate of drug-likeness (QED) is 0.637. The predicted molar refractivity (Wildman–Crippen MR) is 67.0 cm³/mol. The fourth-order valence-corrected chi connectivity index (χ4v) is 2.02. The molecule has 7 nitrogen and oxygen atoms in total. The minimum Gasteiger partial charge on any atom is -0.439 e. The largest absolute Gasteiger partial charge is 0.439 e. The van der Waals surface area contributed by atoms with Crippen LogP contribution in [0.5, 0.6) is 0 Å². The fourth-order valence-electron chi connectivity index (χ4n) is 2.02. The van der Waals surface area contributed by atoms with Gasteiger partial charge in [0.2, 0.25) is 5.89 Å². The second-order valence-electron chi connectivity index (χ2n) is 4.45. The molecule has 1 aromatic carbocycles. The number of amides is 3. The highest BCUT2D eigenvalue weighted by Crippen LogP contribution is 2.20. The summed E-state index contributed by atoms with van der Waals surface area (Å²) in [4.78, 5) is 30.1. The standard InChI is InChI=1S/C12H12N4O3/c1-15-6-11(17)16(12(15)18)5-10-14-8-3-2-7(13)4-9(8)19-10/h2-4H,5-6,13H2,1H3. The minimum absolute atomic E-state index is 0.0383. The Morgan fingerprint density at radius 3 is 2.89 bits per heavy atom. The molecule has 1 aliphatic heterocycles. The zero-order valence-electron chi connectivity index (χ0n) is 10.3. The van der Waals surface area contributed by atoms with E-state index in [1.54, 1.807) is 25.2 Å². The van der Waals surface area contributed by atoms with Gasteiger partial charge in [0.1, 0.15) is 18.6 Å². The molecule has 0 atom stereocenters. The van der Waals surface area contributed by atoms with Crippen molar-refractivity contribution in [1.29, 1.82) is 0 Å². The molecule has 0 unspecified atom stereocenters. The molecule has 98 valence electrons. The van der Waals surface area contributed by atoms with Crippen LogP contribution in [0.2, 0.25) is 0 Å². The highest BCUT2D eigenvalue weighted by atomic mass is 16.3. The lowest BCUT2D eigenvalue weighted by Gasteiger charge is -2.11. The van der Waals surface area contributed by atoms with E-state index in [1.165, 1.54) is 4.90 Å². The van der Waals surface area contributed by atoms with Crippen molar-refractivity contribution in [2.45, 2.75) is 6.54 Å². The molecule has 0 spiro atoms. The molecular weight excluding hydrogens is 248 g/mol. The summed E-state index contributed by atoms with van der Waals surface area (Å²) in [6.45, 7) is 0.128. The van der Waals surface area contributed by atoms with Gasteiger partial charge in [0.15, 0.2) is 5.58 Å². The molecule has 3 amide bonds. The van der Waals surface area contributed by atoms with E-state index in [2.05, 4.69) is 4.98 Å². The Morgan fingerprint density at radius 1 is 1.42 bits per heavy atom. The number of nitrogens with two attached hydrogens (primary N) is 1. The molecule has 1 aromatic heterocycles. The Balaban J connectivity index is 1.89. The van der Waals surface area contributed by atoms with Crippen LogP contribution >= 0.6 is 0 Å². The number of carbonyl (C=O) groups is 2. The number of aromatic nitrogens is 1. The number of oxazole rings is 1. The van der Waals surface area contributed by atoms with E-state index in [1.807, 2.05) is 0 Å². The van der Waals surface area contributed by atoms with Crippen LogP contribution in [0.3, 0.4) is 0 Å². The lowest BCUT2D eigenvalue weighted by atomic mass is 10.3. The first-order chi connectivity index (χ1) is 9.04. The maximum absolute atomic E-state index is 11.7. The third-order valence-electron chi connectivity index (χ3n) is 2.98. The first kappa shape index (κ1) is 11.5. The Labute approximate surface area is 108 Å². The summed E-state index contributed by atoms with van der Waals surface area (Å²) < 4.78 is 5.49. The molecule has 1 fully saturated rings. The number of benzene rings is 1. The zero-order valence-corrected chi connectivity index (χ0v) is 10.3.